The summed E-state index contributed by atoms with van der Waals surface area (Å²) in [4.78, 5) is 4.51. The molecule has 0 bridgehead atoms. The summed E-state index contributed by atoms with van der Waals surface area (Å²) < 4.78 is 8.77. The van der Waals surface area contributed by atoms with Crippen LogP contribution in [0, 0.1) is 3.83 Å². The highest BCUT2D eigenvalue weighted by molar-refractivity contribution is 14.1. The number of halogens is 1. The van der Waals surface area contributed by atoms with Crippen LogP contribution in [0.2, 0.25) is 0 Å². The lowest BCUT2D eigenvalue weighted by Gasteiger charge is -2.06. The summed E-state index contributed by atoms with van der Waals surface area (Å²) in [6.07, 6.45) is 2.03. The molecule has 21 heavy (non-hydrogen) atoms. The second-order valence-corrected chi connectivity index (χ2v) is 5.77. The first-order valence-electron chi connectivity index (χ1n) is 6.68. The fourth-order valence-corrected chi connectivity index (χ4v) is 2.44. The Bertz CT molecular complexity index is 701. The highest BCUT2D eigenvalue weighted by Crippen LogP contribution is 2.22. The Morgan fingerprint density at radius 2 is 1.76 bits per heavy atom. The molecule has 0 amide bonds. The van der Waals surface area contributed by atoms with Gasteiger partial charge in [0.15, 0.2) is 3.83 Å². The number of hydrogen-bond acceptors (Lipinski definition) is 2. The Morgan fingerprint density at radius 1 is 1.05 bits per heavy atom. The summed E-state index contributed by atoms with van der Waals surface area (Å²) in [5.41, 5.74) is 3.25. The van der Waals surface area contributed by atoms with Gasteiger partial charge in [0.1, 0.15) is 12.4 Å². The molecule has 4 heteroatoms. The summed E-state index contributed by atoms with van der Waals surface area (Å²) in [6.45, 7) is 0.585. The van der Waals surface area contributed by atoms with Gasteiger partial charge in [0, 0.05) is 18.8 Å². The van der Waals surface area contributed by atoms with Crippen LogP contribution in [0.5, 0.6) is 5.75 Å². The smallest absolute Gasteiger partial charge is 0.171 e. The number of imidazole rings is 1. The monoisotopic (exact) mass is 390 g/mol. The fourth-order valence-electron chi connectivity index (χ4n) is 2.05. The van der Waals surface area contributed by atoms with E-state index in [4.69, 9.17) is 4.74 Å². The zero-order valence-electron chi connectivity index (χ0n) is 11.7. The van der Waals surface area contributed by atoms with E-state index in [9.17, 15) is 0 Å². The molecule has 0 aliphatic heterocycles. The van der Waals surface area contributed by atoms with E-state index in [-0.39, 0.29) is 0 Å². The molecule has 0 unspecified atom stereocenters. The third-order valence-corrected chi connectivity index (χ3v) is 4.22. The van der Waals surface area contributed by atoms with E-state index in [1.165, 1.54) is 5.56 Å². The van der Waals surface area contributed by atoms with E-state index in [0.29, 0.717) is 6.61 Å². The largest absolute Gasteiger partial charge is 0.489 e. The van der Waals surface area contributed by atoms with Gasteiger partial charge in [-0.3, -0.25) is 0 Å². The Morgan fingerprint density at radius 3 is 2.38 bits per heavy atom. The molecule has 106 valence electrons. The van der Waals surface area contributed by atoms with Crippen LogP contribution < -0.4 is 4.74 Å². The Labute approximate surface area is 137 Å². The van der Waals surface area contributed by atoms with E-state index in [1.807, 2.05) is 60.3 Å². The van der Waals surface area contributed by atoms with Crippen molar-refractivity contribution in [1.82, 2.24) is 9.55 Å². The van der Waals surface area contributed by atoms with E-state index >= 15 is 0 Å². The molecule has 0 radical (unpaired) electrons. The minimum Gasteiger partial charge on any atom is -0.489 e. The van der Waals surface area contributed by atoms with Gasteiger partial charge in [-0.2, -0.15) is 0 Å². The van der Waals surface area contributed by atoms with E-state index in [2.05, 4.69) is 39.7 Å². The van der Waals surface area contributed by atoms with Crippen LogP contribution >= 0.6 is 22.6 Å². The first-order chi connectivity index (χ1) is 10.2. The van der Waals surface area contributed by atoms with Crippen molar-refractivity contribution in [3.8, 4) is 17.0 Å². The van der Waals surface area contributed by atoms with Gasteiger partial charge in [0.2, 0.25) is 0 Å². The van der Waals surface area contributed by atoms with Crippen molar-refractivity contribution in [3.63, 3.8) is 0 Å². The van der Waals surface area contributed by atoms with Crippen LogP contribution in [0.25, 0.3) is 11.3 Å². The second kappa shape index (κ2) is 6.30. The van der Waals surface area contributed by atoms with Gasteiger partial charge in [0.05, 0.1) is 5.69 Å². The van der Waals surface area contributed by atoms with Crippen LogP contribution in [-0.2, 0) is 13.7 Å². The third-order valence-electron chi connectivity index (χ3n) is 3.22. The molecule has 0 aliphatic carbocycles. The number of rotatable bonds is 4. The maximum atomic E-state index is 5.78. The lowest BCUT2D eigenvalue weighted by molar-refractivity contribution is 0.306. The fraction of sp³-hybridized carbons (Fsp3) is 0.118. The Hall–Kier alpha value is -1.82. The molecule has 0 spiro atoms. The predicted molar refractivity (Wildman–Crippen MR) is 92.1 cm³/mol. The topological polar surface area (TPSA) is 27.1 Å². The van der Waals surface area contributed by atoms with Crippen molar-refractivity contribution in [2.45, 2.75) is 6.61 Å². The van der Waals surface area contributed by atoms with Gasteiger partial charge < -0.3 is 9.30 Å². The molecule has 1 aromatic heterocycles. The molecular weight excluding hydrogens is 375 g/mol. The average Bonchev–Trinajstić information content (AvgIpc) is 2.86. The first-order valence-corrected chi connectivity index (χ1v) is 7.76. The maximum Gasteiger partial charge on any atom is 0.171 e. The molecule has 3 nitrogen and oxygen atoms in total. The molecule has 1 heterocycles. The van der Waals surface area contributed by atoms with Crippen molar-refractivity contribution in [2.24, 2.45) is 7.05 Å². The lowest BCUT2D eigenvalue weighted by atomic mass is 10.1. The summed E-state index contributed by atoms with van der Waals surface area (Å²) in [5, 5.41) is 0. The quantitative estimate of drug-likeness (QED) is 0.623. The molecule has 2 aromatic carbocycles. The predicted octanol–water partition coefficient (Wildman–Crippen LogP) is 4.27. The Balaban J connectivity index is 1.69. The van der Waals surface area contributed by atoms with Crippen molar-refractivity contribution < 1.29 is 4.74 Å². The molecular formula is C17H15IN2O. The standard InChI is InChI=1S/C17H15IN2O/c1-20-11-16(19-17(20)18)14-7-9-15(10-8-14)21-12-13-5-3-2-4-6-13/h2-11H,12H2,1H3. The average molecular weight is 390 g/mol. The summed E-state index contributed by atoms with van der Waals surface area (Å²) in [7, 11) is 2.00. The van der Waals surface area contributed by atoms with Crippen molar-refractivity contribution in [1.29, 1.82) is 0 Å². The van der Waals surface area contributed by atoms with Crippen LogP contribution in [-0.4, -0.2) is 9.55 Å². The SMILES string of the molecule is Cn1cc(-c2ccc(OCc3ccccc3)cc2)nc1I. The van der Waals surface area contributed by atoms with Gasteiger partial charge in [-0.25, -0.2) is 4.98 Å². The molecule has 3 aromatic rings. The van der Waals surface area contributed by atoms with Gasteiger partial charge in [-0.1, -0.05) is 30.3 Å². The summed E-state index contributed by atoms with van der Waals surface area (Å²) >= 11 is 2.23. The number of ether oxygens (including phenoxy) is 1. The van der Waals surface area contributed by atoms with Crippen LogP contribution in [0.3, 0.4) is 0 Å². The first kappa shape index (κ1) is 14.1. The molecule has 0 fully saturated rings. The number of aromatic nitrogens is 2. The van der Waals surface area contributed by atoms with E-state index < -0.39 is 0 Å². The van der Waals surface area contributed by atoms with Gasteiger partial charge in [-0.05, 0) is 52.4 Å². The van der Waals surface area contributed by atoms with Crippen molar-refractivity contribution >= 4 is 22.6 Å². The number of aryl methyl sites for hydroxylation is 1. The van der Waals surface area contributed by atoms with Crippen LogP contribution in [0.4, 0.5) is 0 Å². The zero-order chi connectivity index (χ0) is 14.7. The van der Waals surface area contributed by atoms with Gasteiger partial charge in [0.25, 0.3) is 0 Å². The van der Waals surface area contributed by atoms with Crippen molar-refractivity contribution in [2.75, 3.05) is 0 Å². The zero-order valence-corrected chi connectivity index (χ0v) is 13.8. The molecule has 0 N–H and O–H groups in total. The van der Waals surface area contributed by atoms with Crippen LogP contribution in [0.15, 0.2) is 60.8 Å². The molecule has 0 aliphatic rings. The van der Waals surface area contributed by atoms with E-state index in [1.54, 1.807) is 0 Å². The minimum absolute atomic E-state index is 0.585. The lowest BCUT2D eigenvalue weighted by Crippen LogP contribution is -1.94. The van der Waals surface area contributed by atoms with Gasteiger partial charge in [-0.15, -0.1) is 0 Å². The number of benzene rings is 2. The highest BCUT2D eigenvalue weighted by Gasteiger charge is 2.05. The molecule has 0 atom stereocenters. The number of nitrogens with zero attached hydrogens (tertiary/aromatic N) is 2. The van der Waals surface area contributed by atoms with Crippen molar-refractivity contribution in [3.05, 3.63) is 70.2 Å². The Kier molecular flexibility index (Phi) is 4.24. The normalized spacial score (nSPS) is 10.6. The summed E-state index contributed by atoms with van der Waals surface area (Å²) in [5.74, 6) is 0.869. The molecule has 3 rings (SSSR count). The molecule has 0 saturated heterocycles. The third kappa shape index (κ3) is 3.44. The molecule has 0 saturated carbocycles. The minimum atomic E-state index is 0.585. The number of hydrogen-bond donors (Lipinski definition) is 0. The van der Waals surface area contributed by atoms with E-state index in [0.717, 1.165) is 20.8 Å². The highest BCUT2D eigenvalue weighted by atomic mass is 127. The van der Waals surface area contributed by atoms with Gasteiger partial charge >= 0.3 is 0 Å². The van der Waals surface area contributed by atoms with Crippen LogP contribution in [0.1, 0.15) is 5.56 Å². The maximum absolute atomic E-state index is 5.78. The second-order valence-electron chi connectivity index (χ2n) is 4.80. The summed E-state index contributed by atoms with van der Waals surface area (Å²) in [6, 6.07) is 18.2.